The number of rotatable bonds is 4. The van der Waals surface area contributed by atoms with Crippen LogP contribution in [0.5, 0.6) is 0 Å². The van der Waals surface area contributed by atoms with E-state index in [9.17, 15) is 10.2 Å². The minimum atomic E-state index is -1.20. The number of thiazole rings is 1. The quantitative estimate of drug-likeness (QED) is 0.673. The van der Waals surface area contributed by atoms with Crippen molar-refractivity contribution in [3.05, 3.63) is 12.4 Å². The Hall–Kier alpha value is -1.59. The Labute approximate surface area is 137 Å². The SMILES string of the molecule is CN(C)C1CC(Cn2cc(-c3cnc(N)s3)nn2)O[C@@H](O)C1O. The highest BCUT2D eigenvalue weighted by Crippen LogP contribution is 2.26. The molecule has 23 heavy (non-hydrogen) atoms. The normalized spacial score (nSPS) is 28.4. The number of aliphatic hydroxyl groups is 2. The molecule has 0 bridgehead atoms. The molecule has 2 aromatic heterocycles. The van der Waals surface area contributed by atoms with Gasteiger partial charge in [0.15, 0.2) is 11.4 Å². The molecule has 4 N–H and O–H groups in total. The second-order valence-corrected chi connectivity index (χ2v) is 6.86. The smallest absolute Gasteiger partial charge is 0.182 e. The van der Waals surface area contributed by atoms with Gasteiger partial charge in [-0.2, -0.15) is 0 Å². The van der Waals surface area contributed by atoms with E-state index in [1.54, 1.807) is 17.1 Å². The first-order valence-corrected chi connectivity index (χ1v) is 8.05. The summed E-state index contributed by atoms with van der Waals surface area (Å²) in [6, 6.07) is -0.173. The van der Waals surface area contributed by atoms with Crippen molar-refractivity contribution in [3.8, 4) is 10.6 Å². The Balaban J connectivity index is 1.68. The van der Waals surface area contributed by atoms with Gasteiger partial charge >= 0.3 is 0 Å². The van der Waals surface area contributed by atoms with Crippen LogP contribution in [-0.2, 0) is 11.3 Å². The zero-order valence-electron chi connectivity index (χ0n) is 12.9. The van der Waals surface area contributed by atoms with Gasteiger partial charge in [0.2, 0.25) is 0 Å². The Morgan fingerprint density at radius 3 is 2.91 bits per heavy atom. The van der Waals surface area contributed by atoms with E-state index >= 15 is 0 Å². The Morgan fingerprint density at radius 2 is 2.26 bits per heavy atom. The lowest BCUT2D eigenvalue weighted by atomic mass is 9.98. The fourth-order valence-corrected chi connectivity index (χ4v) is 3.32. The predicted molar refractivity (Wildman–Crippen MR) is 84.5 cm³/mol. The molecule has 0 aliphatic carbocycles. The average molecular weight is 340 g/mol. The highest BCUT2D eigenvalue weighted by atomic mass is 32.1. The van der Waals surface area contributed by atoms with E-state index in [0.717, 1.165) is 4.88 Å². The Bertz CT molecular complexity index is 660. The van der Waals surface area contributed by atoms with Gasteiger partial charge in [-0.1, -0.05) is 16.6 Å². The first-order chi connectivity index (χ1) is 10.9. The van der Waals surface area contributed by atoms with Gasteiger partial charge in [0.05, 0.1) is 23.7 Å². The number of ether oxygens (including phenoxy) is 1. The Morgan fingerprint density at radius 1 is 1.48 bits per heavy atom. The minimum Gasteiger partial charge on any atom is -0.386 e. The third kappa shape index (κ3) is 3.51. The number of nitrogens with zero attached hydrogens (tertiary/aromatic N) is 5. The van der Waals surface area contributed by atoms with Crippen molar-refractivity contribution in [2.24, 2.45) is 0 Å². The van der Waals surface area contributed by atoms with Gasteiger partial charge in [-0.05, 0) is 20.5 Å². The number of hydrogen-bond acceptors (Lipinski definition) is 9. The molecule has 1 fully saturated rings. The van der Waals surface area contributed by atoms with Crippen LogP contribution in [0.2, 0.25) is 0 Å². The largest absolute Gasteiger partial charge is 0.386 e. The maximum absolute atomic E-state index is 9.98. The highest BCUT2D eigenvalue weighted by molar-refractivity contribution is 7.18. The van der Waals surface area contributed by atoms with Gasteiger partial charge in [-0.25, -0.2) is 9.67 Å². The summed E-state index contributed by atoms with van der Waals surface area (Å²) in [6.07, 6.45) is 1.65. The number of nitrogen functional groups attached to an aromatic ring is 1. The summed E-state index contributed by atoms with van der Waals surface area (Å²) < 4.78 is 7.12. The fourth-order valence-electron chi connectivity index (χ4n) is 2.68. The van der Waals surface area contributed by atoms with Gasteiger partial charge < -0.3 is 25.6 Å². The van der Waals surface area contributed by atoms with Crippen LogP contribution >= 0.6 is 11.3 Å². The van der Waals surface area contributed by atoms with Crippen molar-refractivity contribution in [1.82, 2.24) is 24.9 Å². The monoisotopic (exact) mass is 340 g/mol. The minimum absolute atomic E-state index is 0.173. The van der Waals surface area contributed by atoms with Gasteiger partial charge in [-0.15, -0.1) is 5.10 Å². The molecule has 1 aliphatic rings. The molecule has 3 unspecified atom stereocenters. The summed E-state index contributed by atoms with van der Waals surface area (Å²) in [7, 11) is 3.73. The van der Waals surface area contributed by atoms with Crippen molar-refractivity contribution >= 4 is 16.5 Å². The van der Waals surface area contributed by atoms with Crippen molar-refractivity contribution in [2.45, 2.75) is 37.5 Å². The molecule has 4 atom stereocenters. The van der Waals surface area contributed by atoms with Gasteiger partial charge in [0, 0.05) is 12.2 Å². The van der Waals surface area contributed by atoms with Crippen LogP contribution in [0.25, 0.3) is 10.6 Å². The third-order valence-electron chi connectivity index (χ3n) is 3.89. The summed E-state index contributed by atoms with van der Waals surface area (Å²) in [4.78, 5) is 6.73. The molecule has 10 heteroatoms. The number of hydrogen-bond donors (Lipinski definition) is 3. The molecule has 3 rings (SSSR count). The van der Waals surface area contributed by atoms with Gasteiger partial charge in [0.1, 0.15) is 11.8 Å². The van der Waals surface area contributed by atoms with Gasteiger partial charge in [0.25, 0.3) is 0 Å². The molecular weight excluding hydrogens is 320 g/mol. The molecule has 126 valence electrons. The maximum Gasteiger partial charge on any atom is 0.182 e. The molecule has 1 saturated heterocycles. The van der Waals surface area contributed by atoms with Crippen molar-refractivity contribution in [2.75, 3.05) is 19.8 Å². The third-order valence-corrected chi connectivity index (χ3v) is 4.74. The molecular formula is C13H20N6O3S. The predicted octanol–water partition coefficient (Wildman–Crippen LogP) is -0.618. The highest BCUT2D eigenvalue weighted by Gasteiger charge is 2.38. The van der Waals surface area contributed by atoms with Gasteiger partial charge in [-0.3, -0.25) is 0 Å². The average Bonchev–Trinajstić information content (AvgIpc) is 3.11. The standard InChI is InChI=1S/C13H20N6O3S/c1-18(2)9-3-7(22-12(21)11(9)20)5-19-6-8(16-17-19)10-4-15-13(14)23-10/h4,6-7,9,11-12,20-21H,3,5H2,1-2H3,(H2,14,15)/t7?,9?,11?,12-/m1/s1. The van der Waals surface area contributed by atoms with E-state index in [0.29, 0.717) is 23.8 Å². The molecule has 1 aliphatic heterocycles. The second-order valence-electron chi connectivity index (χ2n) is 5.79. The molecule has 0 amide bonds. The first kappa shape index (κ1) is 16.3. The van der Waals surface area contributed by atoms with E-state index < -0.39 is 12.4 Å². The van der Waals surface area contributed by atoms with Crippen molar-refractivity contribution in [3.63, 3.8) is 0 Å². The molecule has 0 aromatic carbocycles. The zero-order valence-corrected chi connectivity index (χ0v) is 13.7. The number of anilines is 1. The van der Waals surface area contributed by atoms with Crippen LogP contribution in [0.15, 0.2) is 12.4 Å². The van der Waals surface area contributed by atoms with Crippen LogP contribution in [-0.4, -0.2) is 73.7 Å². The van der Waals surface area contributed by atoms with E-state index in [4.69, 9.17) is 10.5 Å². The van der Waals surface area contributed by atoms with Crippen LogP contribution in [0.3, 0.4) is 0 Å². The number of aliphatic hydroxyl groups excluding tert-OH is 2. The van der Waals surface area contributed by atoms with Crippen LogP contribution < -0.4 is 5.73 Å². The molecule has 9 nitrogen and oxygen atoms in total. The van der Waals surface area contributed by atoms with E-state index in [1.807, 2.05) is 19.0 Å². The van der Waals surface area contributed by atoms with E-state index in [2.05, 4.69) is 15.3 Å². The summed E-state index contributed by atoms with van der Waals surface area (Å²) in [5, 5.41) is 28.5. The van der Waals surface area contributed by atoms with Crippen molar-refractivity contribution in [1.29, 1.82) is 0 Å². The summed E-state index contributed by atoms with van der Waals surface area (Å²) in [6.45, 7) is 0.440. The fraction of sp³-hybridized carbons (Fsp3) is 0.615. The molecule has 3 heterocycles. The van der Waals surface area contributed by atoms with E-state index in [-0.39, 0.29) is 12.1 Å². The molecule has 0 spiro atoms. The summed E-state index contributed by atoms with van der Waals surface area (Å²) >= 11 is 1.35. The number of aromatic nitrogens is 4. The maximum atomic E-state index is 9.98. The van der Waals surface area contributed by atoms with Crippen LogP contribution in [0, 0.1) is 0 Å². The summed E-state index contributed by atoms with van der Waals surface area (Å²) in [5.41, 5.74) is 6.31. The lowest BCUT2D eigenvalue weighted by Crippen LogP contribution is -2.54. The van der Waals surface area contributed by atoms with Crippen LogP contribution in [0.4, 0.5) is 5.13 Å². The lowest BCUT2D eigenvalue weighted by molar-refractivity contribution is -0.236. The topological polar surface area (TPSA) is 123 Å². The summed E-state index contributed by atoms with van der Waals surface area (Å²) in [5.74, 6) is 0. The molecule has 0 radical (unpaired) electrons. The zero-order chi connectivity index (χ0) is 16.6. The molecule has 0 saturated carbocycles. The van der Waals surface area contributed by atoms with Crippen LogP contribution in [0.1, 0.15) is 6.42 Å². The van der Waals surface area contributed by atoms with E-state index in [1.165, 1.54) is 11.3 Å². The number of nitrogens with two attached hydrogens (primary N) is 1. The molecule has 2 aromatic rings. The lowest BCUT2D eigenvalue weighted by Gasteiger charge is -2.39. The van der Waals surface area contributed by atoms with Crippen molar-refractivity contribution < 1.29 is 14.9 Å². The Kier molecular flexibility index (Phi) is 4.60. The number of likely N-dealkylation sites (N-methyl/N-ethyl adjacent to an activating group) is 1. The second kappa shape index (κ2) is 6.49. The first-order valence-electron chi connectivity index (χ1n) is 7.24.